The van der Waals surface area contributed by atoms with Crippen molar-refractivity contribution >= 4 is 0 Å². The van der Waals surface area contributed by atoms with E-state index in [1.807, 2.05) is 0 Å². The lowest BCUT2D eigenvalue weighted by molar-refractivity contribution is -0.0905. The molecule has 0 bridgehead atoms. The van der Waals surface area contributed by atoms with Gasteiger partial charge in [-0.25, -0.2) is 0 Å². The quantitative estimate of drug-likeness (QED) is 0.465. The van der Waals surface area contributed by atoms with Crippen LogP contribution in [0.4, 0.5) is 0 Å². The minimum Gasteiger partial charge on any atom is -0.393 e. The Morgan fingerprint density at radius 2 is 1.83 bits per heavy atom. The number of rotatable bonds is 4. The average Bonchev–Trinajstić information content (AvgIpc) is 3.02. The number of aliphatic hydroxyl groups excluding tert-OH is 1. The van der Waals surface area contributed by atoms with Gasteiger partial charge < -0.3 is 5.11 Å². The van der Waals surface area contributed by atoms with Gasteiger partial charge in [0.2, 0.25) is 0 Å². The molecule has 4 aliphatic carbocycles. The summed E-state index contributed by atoms with van der Waals surface area (Å²) in [7, 11) is 0. The van der Waals surface area contributed by atoms with E-state index in [0.717, 1.165) is 18.3 Å². The van der Waals surface area contributed by atoms with Crippen LogP contribution in [-0.4, -0.2) is 11.2 Å². The van der Waals surface area contributed by atoms with E-state index in [9.17, 15) is 5.11 Å². The molecule has 0 spiro atoms. The second kappa shape index (κ2) is 7.65. The highest BCUT2D eigenvalue weighted by Gasteiger charge is 2.57. The van der Waals surface area contributed by atoms with E-state index in [1.165, 1.54) is 56.9 Å². The second-order valence-electron chi connectivity index (χ2n) is 12.6. The molecule has 0 radical (unpaired) electrons. The van der Waals surface area contributed by atoms with Crippen molar-refractivity contribution in [1.82, 2.24) is 0 Å². The van der Waals surface area contributed by atoms with Crippen molar-refractivity contribution in [2.45, 2.75) is 112 Å². The lowest BCUT2D eigenvalue weighted by Gasteiger charge is -2.59. The standard InChI is InChI=1S/C29H46O/c1-19(2)9-8-10-20(3)22-12-13-23-21-11-14-25-27(4,5)26(30)16-18-29(25,7)24(21)15-17-28(22,23)6/h9,13,20,22,25-26,30H,8,10-12,14-18H2,1-7H3/t20?,22-,25?,26?,28-,29-/m1/s1. The molecule has 0 heterocycles. The molecule has 0 aromatic carbocycles. The molecule has 0 amide bonds. The molecule has 4 aliphatic rings. The van der Waals surface area contributed by atoms with Gasteiger partial charge >= 0.3 is 0 Å². The van der Waals surface area contributed by atoms with Gasteiger partial charge in [-0.05, 0) is 117 Å². The topological polar surface area (TPSA) is 20.2 Å². The van der Waals surface area contributed by atoms with E-state index < -0.39 is 0 Å². The molecule has 0 aromatic rings. The van der Waals surface area contributed by atoms with Crippen molar-refractivity contribution in [3.8, 4) is 0 Å². The maximum atomic E-state index is 10.7. The van der Waals surface area contributed by atoms with Crippen LogP contribution < -0.4 is 0 Å². The van der Waals surface area contributed by atoms with Crippen molar-refractivity contribution in [1.29, 1.82) is 0 Å². The van der Waals surface area contributed by atoms with Gasteiger partial charge in [-0.15, -0.1) is 0 Å². The highest BCUT2D eigenvalue weighted by atomic mass is 16.3. The van der Waals surface area contributed by atoms with Gasteiger partial charge in [-0.3, -0.25) is 0 Å². The smallest absolute Gasteiger partial charge is 0.0594 e. The SMILES string of the molecule is CC(C)=CCCC(C)[C@H]1CC=C2C3=C(CC[C@@]21C)[C@@]1(C)CCC(O)C(C)(C)C1CC3. The third kappa shape index (κ3) is 3.30. The molecule has 1 fully saturated rings. The fourth-order valence-electron chi connectivity index (χ4n) is 8.41. The number of hydrogen-bond donors (Lipinski definition) is 1. The van der Waals surface area contributed by atoms with E-state index in [1.54, 1.807) is 16.7 Å². The largest absolute Gasteiger partial charge is 0.393 e. The van der Waals surface area contributed by atoms with Crippen molar-refractivity contribution in [2.24, 2.45) is 34.0 Å². The van der Waals surface area contributed by atoms with Crippen LogP contribution in [0.3, 0.4) is 0 Å². The lowest BCUT2D eigenvalue weighted by Crippen LogP contribution is -2.53. The predicted octanol–water partition coefficient (Wildman–Crippen LogP) is 8.01. The molecule has 0 saturated heterocycles. The minimum absolute atomic E-state index is 0.0400. The van der Waals surface area contributed by atoms with Crippen LogP contribution in [0.1, 0.15) is 106 Å². The van der Waals surface area contributed by atoms with Crippen molar-refractivity contribution in [2.75, 3.05) is 0 Å². The average molecular weight is 411 g/mol. The van der Waals surface area contributed by atoms with Crippen LogP contribution in [0.25, 0.3) is 0 Å². The Morgan fingerprint density at radius 3 is 2.53 bits per heavy atom. The Labute approximate surface area is 186 Å². The van der Waals surface area contributed by atoms with E-state index >= 15 is 0 Å². The van der Waals surface area contributed by atoms with Gasteiger partial charge in [-0.2, -0.15) is 0 Å². The van der Waals surface area contributed by atoms with E-state index in [-0.39, 0.29) is 11.5 Å². The molecule has 1 N–H and O–H groups in total. The summed E-state index contributed by atoms with van der Waals surface area (Å²) in [6, 6.07) is 0. The maximum absolute atomic E-state index is 10.7. The number of aliphatic hydroxyl groups is 1. The van der Waals surface area contributed by atoms with Crippen molar-refractivity contribution in [3.05, 3.63) is 34.4 Å². The summed E-state index contributed by atoms with van der Waals surface area (Å²) in [4.78, 5) is 0. The molecule has 1 heteroatoms. The van der Waals surface area contributed by atoms with Crippen LogP contribution >= 0.6 is 0 Å². The molecular weight excluding hydrogens is 364 g/mol. The lowest BCUT2D eigenvalue weighted by atomic mass is 9.46. The fraction of sp³-hybridized carbons (Fsp3) is 0.793. The van der Waals surface area contributed by atoms with Gasteiger partial charge in [0.05, 0.1) is 6.10 Å². The summed E-state index contributed by atoms with van der Waals surface area (Å²) >= 11 is 0. The van der Waals surface area contributed by atoms with Gasteiger partial charge in [0.25, 0.3) is 0 Å². The maximum Gasteiger partial charge on any atom is 0.0594 e. The Kier molecular flexibility index (Phi) is 5.70. The normalized spacial score (nSPS) is 40.8. The Balaban J connectivity index is 1.60. The van der Waals surface area contributed by atoms with Gasteiger partial charge in [0, 0.05) is 0 Å². The fourth-order valence-corrected chi connectivity index (χ4v) is 8.41. The summed E-state index contributed by atoms with van der Waals surface area (Å²) < 4.78 is 0. The highest BCUT2D eigenvalue weighted by Crippen LogP contribution is 2.66. The molecule has 30 heavy (non-hydrogen) atoms. The first-order valence-electron chi connectivity index (χ1n) is 12.8. The molecule has 3 unspecified atom stereocenters. The summed E-state index contributed by atoms with van der Waals surface area (Å²) in [6.45, 7) is 16.8. The molecule has 1 nitrogen and oxygen atoms in total. The number of fused-ring (bicyclic) bond motifs is 4. The molecule has 0 aromatic heterocycles. The van der Waals surface area contributed by atoms with Crippen LogP contribution in [0, 0.1) is 34.0 Å². The third-order valence-electron chi connectivity index (χ3n) is 10.3. The zero-order valence-electron chi connectivity index (χ0n) is 20.8. The molecule has 4 rings (SSSR count). The van der Waals surface area contributed by atoms with Crippen LogP contribution in [0.5, 0.6) is 0 Å². The summed E-state index contributed by atoms with van der Waals surface area (Å²) in [5.41, 5.74) is 7.47. The summed E-state index contributed by atoms with van der Waals surface area (Å²) in [5, 5.41) is 10.7. The predicted molar refractivity (Wildman–Crippen MR) is 128 cm³/mol. The van der Waals surface area contributed by atoms with E-state index in [0.29, 0.717) is 16.7 Å². The molecule has 0 aliphatic heterocycles. The zero-order chi connectivity index (χ0) is 21.9. The summed E-state index contributed by atoms with van der Waals surface area (Å²) in [6.07, 6.45) is 16.0. The van der Waals surface area contributed by atoms with Crippen LogP contribution in [0.15, 0.2) is 34.4 Å². The second-order valence-corrected chi connectivity index (χ2v) is 12.6. The first-order valence-corrected chi connectivity index (χ1v) is 12.8. The first kappa shape index (κ1) is 22.4. The molecule has 1 saturated carbocycles. The third-order valence-corrected chi connectivity index (χ3v) is 10.3. The van der Waals surface area contributed by atoms with Gasteiger partial charge in [-0.1, -0.05) is 57.9 Å². The van der Waals surface area contributed by atoms with Crippen LogP contribution in [-0.2, 0) is 0 Å². The van der Waals surface area contributed by atoms with E-state index in [2.05, 4.69) is 60.6 Å². The first-order chi connectivity index (χ1) is 14.0. The molecule has 6 atom stereocenters. The zero-order valence-corrected chi connectivity index (χ0v) is 20.8. The van der Waals surface area contributed by atoms with Crippen molar-refractivity contribution < 1.29 is 5.11 Å². The Bertz CT molecular complexity index is 776. The van der Waals surface area contributed by atoms with Gasteiger partial charge in [0.1, 0.15) is 0 Å². The Hall–Kier alpha value is -0.820. The molecular formula is C29H46O. The highest BCUT2D eigenvalue weighted by molar-refractivity contribution is 5.49. The van der Waals surface area contributed by atoms with Gasteiger partial charge in [0.15, 0.2) is 0 Å². The van der Waals surface area contributed by atoms with E-state index in [4.69, 9.17) is 0 Å². The minimum atomic E-state index is -0.136. The summed E-state index contributed by atoms with van der Waals surface area (Å²) in [5.74, 6) is 2.22. The monoisotopic (exact) mass is 410 g/mol. The number of allylic oxidation sites excluding steroid dienone is 6. The molecule has 168 valence electrons. The Morgan fingerprint density at radius 1 is 1.10 bits per heavy atom. The number of hydrogen-bond acceptors (Lipinski definition) is 1. The van der Waals surface area contributed by atoms with Crippen molar-refractivity contribution in [3.63, 3.8) is 0 Å². The van der Waals surface area contributed by atoms with Crippen LogP contribution in [0.2, 0.25) is 0 Å².